The Kier molecular flexibility index (Phi) is 9.08. The number of nitrogens with two attached hydrogens (primary N) is 1. The van der Waals surface area contributed by atoms with Crippen molar-refractivity contribution in [1.29, 1.82) is 0 Å². The molecule has 1 aromatic heterocycles. The first-order chi connectivity index (χ1) is 17.2. The summed E-state index contributed by atoms with van der Waals surface area (Å²) in [6, 6.07) is -2.41. The van der Waals surface area contributed by atoms with Crippen molar-refractivity contribution in [1.82, 2.24) is 14.6 Å². The molecule has 1 aliphatic rings. The zero-order chi connectivity index (χ0) is 29.2. The lowest BCUT2D eigenvalue weighted by Gasteiger charge is -2.42. The highest BCUT2D eigenvalue weighted by molar-refractivity contribution is 7.84. The van der Waals surface area contributed by atoms with Crippen LogP contribution in [0.2, 0.25) is 0 Å². The SMILES string of the molecule is C[C@H]1[C@H](NC(=O)/C(=N\OC(C)(C)C(=O)OC(CC(=O)[O-])C[N+](C)(C)C)c2csc(N)n2)C(=O)N1S(=O)(=O)O. The summed E-state index contributed by atoms with van der Waals surface area (Å²) < 4.78 is 37.6. The molecule has 18 heteroatoms. The Labute approximate surface area is 222 Å². The number of aromatic nitrogens is 1. The minimum Gasteiger partial charge on any atom is -0.550 e. The molecular formula is C20H30N6O10S2. The fraction of sp³-hybridized carbons (Fsp3) is 0.600. The van der Waals surface area contributed by atoms with Crippen LogP contribution in [0.3, 0.4) is 0 Å². The van der Waals surface area contributed by atoms with E-state index in [0.29, 0.717) is 0 Å². The van der Waals surface area contributed by atoms with E-state index in [0.717, 1.165) is 11.3 Å². The molecule has 0 aliphatic carbocycles. The van der Waals surface area contributed by atoms with Crippen molar-refractivity contribution < 1.29 is 51.3 Å². The van der Waals surface area contributed by atoms with Crippen LogP contribution in [0.15, 0.2) is 10.5 Å². The number of aliphatic carboxylic acids is 1. The molecule has 1 aromatic rings. The van der Waals surface area contributed by atoms with Gasteiger partial charge in [-0.25, -0.2) is 14.1 Å². The lowest BCUT2D eigenvalue weighted by molar-refractivity contribution is -0.873. The van der Waals surface area contributed by atoms with Crippen LogP contribution < -0.4 is 16.2 Å². The number of amides is 2. The summed E-state index contributed by atoms with van der Waals surface area (Å²) in [5.41, 5.74) is 3.25. The van der Waals surface area contributed by atoms with E-state index in [4.69, 9.17) is 19.9 Å². The van der Waals surface area contributed by atoms with Crippen molar-refractivity contribution in [3.63, 3.8) is 0 Å². The largest absolute Gasteiger partial charge is 0.550 e. The van der Waals surface area contributed by atoms with Crippen molar-refractivity contribution in [2.45, 2.75) is 51.0 Å². The Morgan fingerprint density at radius 2 is 1.97 bits per heavy atom. The lowest BCUT2D eigenvalue weighted by Crippen LogP contribution is -2.71. The first-order valence-electron chi connectivity index (χ1n) is 11.0. The molecule has 38 heavy (non-hydrogen) atoms. The molecule has 3 atom stereocenters. The molecule has 4 N–H and O–H groups in total. The molecule has 0 bridgehead atoms. The molecule has 0 aromatic carbocycles. The van der Waals surface area contributed by atoms with Crippen molar-refractivity contribution >= 4 is 56.2 Å². The number of nitrogens with one attached hydrogen (secondary N) is 1. The fourth-order valence-electron chi connectivity index (χ4n) is 3.34. The number of carboxylic acids is 1. The van der Waals surface area contributed by atoms with Crippen molar-refractivity contribution in [2.24, 2.45) is 5.16 Å². The van der Waals surface area contributed by atoms with Gasteiger partial charge >= 0.3 is 16.3 Å². The highest BCUT2D eigenvalue weighted by Gasteiger charge is 2.51. The lowest BCUT2D eigenvalue weighted by atomic mass is 10.0. The zero-order valence-corrected chi connectivity index (χ0v) is 23.2. The van der Waals surface area contributed by atoms with Gasteiger partial charge in [-0.3, -0.25) is 14.1 Å². The number of carboxylic acid groups (broad SMARTS) is 1. The van der Waals surface area contributed by atoms with E-state index in [-0.39, 0.29) is 26.2 Å². The number of likely N-dealkylation sites (N-methyl/N-ethyl adjacent to an activating group) is 1. The Morgan fingerprint density at radius 1 is 1.37 bits per heavy atom. The number of β-lactam (4-membered cyclic amide) rings is 1. The summed E-state index contributed by atoms with van der Waals surface area (Å²) in [5.74, 6) is -4.49. The van der Waals surface area contributed by atoms with Gasteiger partial charge in [0.25, 0.3) is 11.8 Å². The summed E-state index contributed by atoms with van der Waals surface area (Å²) >= 11 is 0.960. The number of thiazole rings is 1. The molecule has 0 radical (unpaired) electrons. The van der Waals surface area contributed by atoms with Gasteiger partial charge in [0.05, 0.1) is 27.2 Å². The molecule has 2 amide bonds. The number of carbonyl (C=O) groups excluding carboxylic acids is 4. The summed E-state index contributed by atoms with van der Waals surface area (Å²) in [6.07, 6.45) is -1.60. The van der Waals surface area contributed by atoms with E-state index in [2.05, 4.69) is 15.5 Å². The van der Waals surface area contributed by atoms with Gasteiger partial charge in [-0.15, -0.1) is 11.3 Å². The molecule has 212 valence electrons. The van der Waals surface area contributed by atoms with Crippen LogP contribution in [0.25, 0.3) is 0 Å². The van der Waals surface area contributed by atoms with Crippen LogP contribution in [0.4, 0.5) is 5.13 Å². The molecule has 1 aliphatic heterocycles. The third-order valence-electron chi connectivity index (χ3n) is 5.13. The van der Waals surface area contributed by atoms with E-state index in [1.807, 2.05) is 0 Å². The normalized spacial score (nSPS) is 19.4. The average molecular weight is 579 g/mol. The highest BCUT2D eigenvalue weighted by atomic mass is 32.2. The Bertz CT molecular complexity index is 1240. The minimum absolute atomic E-state index is 0.0650. The number of hydrogen-bond acceptors (Lipinski definition) is 13. The number of nitrogen functional groups attached to an aromatic ring is 1. The predicted octanol–water partition coefficient (Wildman–Crippen LogP) is -2.50. The number of quaternary nitrogens is 1. The number of nitrogens with zero attached hydrogens (tertiary/aromatic N) is 4. The molecule has 16 nitrogen and oxygen atoms in total. The first-order valence-corrected chi connectivity index (χ1v) is 13.3. The van der Waals surface area contributed by atoms with Crippen LogP contribution in [0, 0.1) is 0 Å². The molecule has 1 saturated heterocycles. The third kappa shape index (κ3) is 7.83. The standard InChI is InChI=1S/C20H30N6O10S2/c1-10-14(17(30)25(10)38(32,33)34)23-16(29)15(12-9-37-19(21)22-12)24-36-20(2,3)18(31)35-11(7-13(27)28)8-26(4,5)6/h9-11,14H,7-8H2,1-6H3,(H4-,21,22,23,27,28,29,32,33,34)/b24-15-/t10-,11?,14-/m0/s1. The van der Waals surface area contributed by atoms with Crippen LogP contribution in [0.5, 0.6) is 0 Å². The monoisotopic (exact) mass is 578 g/mol. The maximum absolute atomic E-state index is 13.0. The van der Waals surface area contributed by atoms with Crippen molar-refractivity contribution in [2.75, 3.05) is 33.4 Å². The molecule has 2 heterocycles. The molecular weight excluding hydrogens is 548 g/mol. The Balaban J connectivity index is 2.25. The number of esters is 1. The number of anilines is 1. The second-order valence-corrected chi connectivity index (χ2v) is 12.2. The maximum atomic E-state index is 13.0. The number of rotatable bonds is 12. The predicted molar refractivity (Wildman–Crippen MR) is 130 cm³/mol. The van der Waals surface area contributed by atoms with E-state index >= 15 is 0 Å². The quantitative estimate of drug-likeness (QED) is 0.0583. The van der Waals surface area contributed by atoms with Gasteiger partial charge in [0.1, 0.15) is 18.3 Å². The van der Waals surface area contributed by atoms with Crippen molar-refractivity contribution in [3.05, 3.63) is 11.1 Å². The van der Waals surface area contributed by atoms with E-state index < -0.39 is 70.0 Å². The number of hydrogen-bond donors (Lipinski definition) is 3. The van der Waals surface area contributed by atoms with Crippen LogP contribution in [-0.4, -0.2) is 108 Å². The fourth-order valence-corrected chi connectivity index (χ4v) is 4.78. The highest BCUT2D eigenvalue weighted by Crippen LogP contribution is 2.23. The third-order valence-corrected chi connectivity index (χ3v) is 6.81. The summed E-state index contributed by atoms with van der Waals surface area (Å²) in [4.78, 5) is 58.3. The topological polar surface area (TPSA) is 231 Å². The van der Waals surface area contributed by atoms with Gasteiger partial charge in [-0.05, 0) is 20.8 Å². The Hall–Kier alpha value is -3.35. The number of oxime groups is 1. The molecule has 1 unspecified atom stereocenters. The average Bonchev–Trinajstić information content (AvgIpc) is 3.15. The number of carbonyl (C=O) groups is 4. The number of ether oxygens (including phenoxy) is 1. The smallest absolute Gasteiger partial charge is 0.362 e. The van der Waals surface area contributed by atoms with Gasteiger partial charge in [0, 0.05) is 17.8 Å². The molecule has 1 fully saturated rings. The summed E-state index contributed by atoms with van der Waals surface area (Å²) in [5, 5.41) is 18.6. The van der Waals surface area contributed by atoms with Crippen LogP contribution in [0.1, 0.15) is 32.9 Å². The summed E-state index contributed by atoms with van der Waals surface area (Å²) in [6.45, 7) is 3.98. The zero-order valence-electron chi connectivity index (χ0n) is 21.5. The second kappa shape index (κ2) is 11.2. The van der Waals surface area contributed by atoms with Gasteiger partial charge in [-0.2, -0.15) is 8.42 Å². The van der Waals surface area contributed by atoms with E-state index in [9.17, 15) is 32.7 Å². The van der Waals surface area contributed by atoms with E-state index in [1.165, 1.54) is 26.2 Å². The molecule has 2 rings (SSSR count). The maximum Gasteiger partial charge on any atom is 0.362 e. The summed E-state index contributed by atoms with van der Waals surface area (Å²) in [7, 11) is 0.506. The molecule has 0 spiro atoms. The second-order valence-electron chi connectivity index (χ2n) is 9.99. The van der Waals surface area contributed by atoms with Gasteiger partial charge in [0.2, 0.25) is 5.60 Å². The minimum atomic E-state index is -4.81. The molecule has 0 saturated carbocycles. The van der Waals surface area contributed by atoms with Gasteiger partial charge in [0.15, 0.2) is 16.9 Å². The van der Waals surface area contributed by atoms with Crippen LogP contribution >= 0.6 is 11.3 Å². The Morgan fingerprint density at radius 3 is 2.42 bits per heavy atom. The van der Waals surface area contributed by atoms with Crippen molar-refractivity contribution in [3.8, 4) is 0 Å². The first kappa shape index (κ1) is 30.9. The van der Waals surface area contributed by atoms with Gasteiger partial charge in [-0.1, -0.05) is 5.16 Å². The van der Waals surface area contributed by atoms with E-state index in [1.54, 1.807) is 21.1 Å². The van der Waals surface area contributed by atoms with Crippen LogP contribution in [-0.2, 0) is 39.1 Å². The van der Waals surface area contributed by atoms with Gasteiger partial charge < -0.3 is 35.0 Å².